The van der Waals surface area contributed by atoms with Gasteiger partial charge in [0.05, 0.1) is 6.42 Å². The predicted molar refractivity (Wildman–Crippen MR) is 46.4 cm³/mol. The molecular formula is C8H15NO4. The summed E-state index contributed by atoms with van der Waals surface area (Å²) in [4.78, 5) is 21.2. The summed E-state index contributed by atoms with van der Waals surface area (Å²) in [5, 5.41) is 10.9. The van der Waals surface area contributed by atoms with Gasteiger partial charge >= 0.3 is 5.97 Å². The Hall–Kier alpha value is -1.10. The molecular weight excluding hydrogens is 174 g/mol. The number of hydrogen-bond acceptors (Lipinski definition) is 3. The largest absolute Gasteiger partial charge is 0.481 e. The average molecular weight is 189 g/mol. The highest BCUT2D eigenvalue weighted by Gasteiger charge is 2.10. The molecule has 0 saturated carbocycles. The van der Waals surface area contributed by atoms with E-state index in [2.05, 4.69) is 5.32 Å². The minimum Gasteiger partial charge on any atom is -0.481 e. The Kier molecular flexibility index (Phi) is 5.88. The van der Waals surface area contributed by atoms with Crippen LogP contribution in [0.5, 0.6) is 0 Å². The monoisotopic (exact) mass is 189 g/mol. The molecule has 1 amide bonds. The van der Waals surface area contributed by atoms with Crippen molar-refractivity contribution in [3.63, 3.8) is 0 Å². The summed E-state index contributed by atoms with van der Waals surface area (Å²) in [6, 6.07) is -0.356. The second kappa shape index (κ2) is 6.42. The number of carbonyl (C=O) groups excluding carboxylic acids is 1. The zero-order valence-electron chi connectivity index (χ0n) is 7.87. The van der Waals surface area contributed by atoms with Crippen LogP contribution in [0.15, 0.2) is 0 Å². The molecule has 0 heterocycles. The molecule has 0 aromatic carbocycles. The topological polar surface area (TPSA) is 75.6 Å². The molecule has 0 saturated heterocycles. The third-order valence-electron chi connectivity index (χ3n) is 1.33. The van der Waals surface area contributed by atoms with E-state index in [9.17, 15) is 9.59 Å². The Morgan fingerprint density at radius 3 is 2.62 bits per heavy atom. The van der Waals surface area contributed by atoms with Crippen molar-refractivity contribution in [1.29, 1.82) is 0 Å². The molecule has 1 unspecified atom stereocenters. The van der Waals surface area contributed by atoms with Crippen LogP contribution >= 0.6 is 0 Å². The second-order valence-electron chi connectivity index (χ2n) is 2.70. The molecule has 0 rings (SSSR count). The van der Waals surface area contributed by atoms with Gasteiger partial charge in [-0.2, -0.15) is 0 Å². The van der Waals surface area contributed by atoms with Crippen molar-refractivity contribution in [3.05, 3.63) is 0 Å². The molecule has 0 aromatic rings. The van der Waals surface area contributed by atoms with E-state index in [4.69, 9.17) is 9.84 Å². The molecule has 76 valence electrons. The Morgan fingerprint density at radius 2 is 2.15 bits per heavy atom. The van der Waals surface area contributed by atoms with E-state index in [-0.39, 0.29) is 25.0 Å². The van der Waals surface area contributed by atoms with Crippen LogP contribution in [0.1, 0.15) is 20.3 Å². The van der Waals surface area contributed by atoms with Crippen LogP contribution < -0.4 is 5.32 Å². The first-order valence-corrected chi connectivity index (χ1v) is 4.15. The SMILES string of the molecule is CCOCC(=O)NC(C)CC(=O)O. The number of carboxylic acid groups (broad SMARTS) is 1. The van der Waals surface area contributed by atoms with Crippen molar-refractivity contribution in [2.45, 2.75) is 26.3 Å². The van der Waals surface area contributed by atoms with Crippen LogP contribution in [0.25, 0.3) is 0 Å². The molecule has 13 heavy (non-hydrogen) atoms. The Bertz CT molecular complexity index is 181. The van der Waals surface area contributed by atoms with Gasteiger partial charge in [0.2, 0.25) is 5.91 Å². The van der Waals surface area contributed by atoms with Gasteiger partial charge in [-0.05, 0) is 13.8 Å². The van der Waals surface area contributed by atoms with Crippen LogP contribution in [0, 0.1) is 0 Å². The van der Waals surface area contributed by atoms with Crippen LogP contribution in [-0.2, 0) is 14.3 Å². The molecule has 0 fully saturated rings. The van der Waals surface area contributed by atoms with Gasteiger partial charge < -0.3 is 15.2 Å². The highest BCUT2D eigenvalue weighted by Crippen LogP contribution is 1.89. The number of carboxylic acids is 1. The molecule has 0 aromatic heterocycles. The lowest BCUT2D eigenvalue weighted by Gasteiger charge is -2.10. The number of nitrogens with one attached hydrogen (secondary N) is 1. The van der Waals surface area contributed by atoms with Crippen LogP contribution in [0.4, 0.5) is 0 Å². The van der Waals surface area contributed by atoms with Gasteiger partial charge in [0, 0.05) is 12.6 Å². The van der Waals surface area contributed by atoms with E-state index in [1.54, 1.807) is 13.8 Å². The standard InChI is InChI=1S/C8H15NO4/c1-3-13-5-7(10)9-6(2)4-8(11)12/h6H,3-5H2,1-2H3,(H,9,10)(H,11,12). The maximum atomic E-state index is 11.0. The number of ether oxygens (including phenoxy) is 1. The zero-order chi connectivity index (χ0) is 10.3. The molecule has 0 spiro atoms. The molecule has 2 N–H and O–H groups in total. The lowest BCUT2D eigenvalue weighted by Crippen LogP contribution is -2.36. The van der Waals surface area contributed by atoms with Gasteiger partial charge in [0.15, 0.2) is 0 Å². The molecule has 0 aliphatic carbocycles. The lowest BCUT2D eigenvalue weighted by molar-refractivity contribution is -0.137. The summed E-state index contributed by atoms with van der Waals surface area (Å²) in [6.45, 7) is 3.88. The Labute approximate surface area is 77.1 Å². The third-order valence-corrected chi connectivity index (χ3v) is 1.33. The fraction of sp³-hybridized carbons (Fsp3) is 0.750. The molecule has 1 atom stereocenters. The Balaban J connectivity index is 3.59. The van der Waals surface area contributed by atoms with E-state index >= 15 is 0 Å². The average Bonchev–Trinajstić information content (AvgIpc) is 1.98. The van der Waals surface area contributed by atoms with Gasteiger partial charge in [-0.25, -0.2) is 0 Å². The van der Waals surface area contributed by atoms with Crippen molar-refractivity contribution in [2.24, 2.45) is 0 Å². The fourth-order valence-corrected chi connectivity index (χ4v) is 0.824. The number of hydrogen-bond donors (Lipinski definition) is 2. The summed E-state index contributed by atoms with van der Waals surface area (Å²) in [5.41, 5.74) is 0. The van der Waals surface area contributed by atoms with E-state index < -0.39 is 5.97 Å². The summed E-state index contributed by atoms with van der Waals surface area (Å²) < 4.78 is 4.84. The maximum absolute atomic E-state index is 11.0. The smallest absolute Gasteiger partial charge is 0.305 e. The molecule has 0 aliphatic heterocycles. The van der Waals surface area contributed by atoms with E-state index in [0.717, 1.165) is 0 Å². The summed E-state index contributed by atoms with van der Waals surface area (Å²) >= 11 is 0. The summed E-state index contributed by atoms with van der Waals surface area (Å²) in [6.07, 6.45) is -0.0716. The molecule has 0 radical (unpaired) electrons. The fourth-order valence-electron chi connectivity index (χ4n) is 0.824. The van der Waals surface area contributed by atoms with E-state index in [0.29, 0.717) is 6.61 Å². The Morgan fingerprint density at radius 1 is 1.54 bits per heavy atom. The highest BCUT2D eigenvalue weighted by atomic mass is 16.5. The predicted octanol–water partition coefficient (Wildman–Crippen LogP) is 0.00230. The molecule has 5 heteroatoms. The van der Waals surface area contributed by atoms with Gasteiger partial charge in [0.25, 0.3) is 0 Å². The first kappa shape index (κ1) is 11.9. The van der Waals surface area contributed by atoms with Crippen LogP contribution in [0.2, 0.25) is 0 Å². The van der Waals surface area contributed by atoms with Crippen molar-refractivity contribution >= 4 is 11.9 Å². The van der Waals surface area contributed by atoms with Crippen molar-refractivity contribution in [1.82, 2.24) is 5.32 Å². The van der Waals surface area contributed by atoms with Crippen LogP contribution in [0.3, 0.4) is 0 Å². The molecule has 0 bridgehead atoms. The van der Waals surface area contributed by atoms with Crippen molar-refractivity contribution < 1.29 is 19.4 Å². The van der Waals surface area contributed by atoms with Crippen molar-refractivity contribution in [2.75, 3.05) is 13.2 Å². The first-order chi connectivity index (χ1) is 6.06. The molecule has 0 aliphatic rings. The normalized spacial score (nSPS) is 12.2. The van der Waals surface area contributed by atoms with Gasteiger partial charge in [-0.1, -0.05) is 0 Å². The summed E-state index contributed by atoms with van der Waals surface area (Å²) in [7, 11) is 0. The van der Waals surface area contributed by atoms with E-state index in [1.165, 1.54) is 0 Å². The number of amides is 1. The third kappa shape index (κ3) is 7.27. The summed E-state index contributed by atoms with van der Waals surface area (Å²) in [5.74, 6) is -1.21. The second-order valence-corrected chi connectivity index (χ2v) is 2.70. The molecule has 5 nitrogen and oxygen atoms in total. The number of rotatable bonds is 6. The van der Waals surface area contributed by atoms with E-state index in [1.807, 2.05) is 0 Å². The van der Waals surface area contributed by atoms with Gasteiger partial charge in [-0.15, -0.1) is 0 Å². The number of aliphatic carboxylic acids is 1. The van der Waals surface area contributed by atoms with Crippen LogP contribution in [-0.4, -0.2) is 36.2 Å². The van der Waals surface area contributed by atoms with Gasteiger partial charge in [-0.3, -0.25) is 9.59 Å². The minimum absolute atomic E-state index is 0.0134. The first-order valence-electron chi connectivity index (χ1n) is 4.15. The minimum atomic E-state index is -0.927. The lowest BCUT2D eigenvalue weighted by atomic mass is 10.2. The number of carbonyl (C=O) groups is 2. The maximum Gasteiger partial charge on any atom is 0.305 e. The zero-order valence-corrected chi connectivity index (χ0v) is 7.87. The van der Waals surface area contributed by atoms with Crippen molar-refractivity contribution in [3.8, 4) is 0 Å². The quantitative estimate of drug-likeness (QED) is 0.616. The van der Waals surface area contributed by atoms with Gasteiger partial charge in [0.1, 0.15) is 6.61 Å². The highest BCUT2D eigenvalue weighted by molar-refractivity contribution is 5.78.